The molecule has 0 aliphatic heterocycles. The molecule has 0 amide bonds. The number of aromatic nitrogens is 2. The van der Waals surface area contributed by atoms with E-state index in [1.165, 1.54) is 17.5 Å². The summed E-state index contributed by atoms with van der Waals surface area (Å²) in [5.74, 6) is 0.501. The fourth-order valence-electron chi connectivity index (χ4n) is 0.985. The average molecular weight is 194 g/mol. The monoisotopic (exact) mass is 194 g/mol. The van der Waals surface area contributed by atoms with E-state index < -0.39 is 0 Å². The minimum Gasteiger partial charge on any atom is -0.355 e. The Kier molecular flexibility index (Phi) is 1.94. The van der Waals surface area contributed by atoms with Crippen molar-refractivity contribution in [1.82, 2.24) is 10.1 Å². The lowest BCUT2D eigenvalue weighted by Crippen LogP contribution is -1.76. The van der Waals surface area contributed by atoms with E-state index in [9.17, 15) is 4.79 Å². The Morgan fingerprint density at radius 2 is 2.38 bits per heavy atom. The van der Waals surface area contributed by atoms with Crippen molar-refractivity contribution in [3.8, 4) is 10.6 Å². The number of thiazole rings is 1. The van der Waals surface area contributed by atoms with Gasteiger partial charge in [0.1, 0.15) is 0 Å². The van der Waals surface area contributed by atoms with Gasteiger partial charge >= 0.3 is 0 Å². The average Bonchev–Trinajstić information content (AvgIpc) is 2.71. The van der Waals surface area contributed by atoms with Crippen LogP contribution in [0.3, 0.4) is 0 Å². The van der Waals surface area contributed by atoms with E-state index >= 15 is 0 Å². The summed E-state index contributed by atoms with van der Waals surface area (Å²) in [4.78, 5) is 15.4. The Morgan fingerprint density at radius 1 is 1.54 bits per heavy atom. The van der Waals surface area contributed by atoms with Gasteiger partial charge in [-0.05, 0) is 6.92 Å². The second-order valence-electron chi connectivity index (χ2n) is 2.47. The third-order valence-corrected chi connectivity index (χ3v) is 2.48. The molecule has 0 atom stereocenters. The first-order valence-corrected chi connectivity index (χ1v) is 4.45. The Balaban J connectivity index is 2.51. The predicted octanol–water partition coefficient (Wildman–Crippen LogP) is 1.92. The number of hydrogen-bond acceptors (Lipinski definition) is 5. The lowest BCUT2D eigenvalue weighted by Gasteiger charge is -1.86. The highest BCUT2D eigenvalue weighted by Gasteiger charge is 2.11. The van der Waals surface area contributed by atoms with Crippen LogP contribution in [0.2, 0.25) is 0 Å². The molecule has 2 heterocycles. The lowest BCUT2D eigenvalue weighted by atomic mass is 10.3. The van der Waals surface area contributed by atoms with E-state index in [1.54, 1.807) is 6.20 Å². The van der Waals surface area contributed by atoms with Crippen LogP contribution in [0.5, 0.6) is 0 Å². The van der Waals surface area contributed by atoms with Crippen molar-refractivity contribution < 1.29 is 9.32 Å². The van der Waals surface area contributed by atoms with Crippen LogP contribution in [0.4, 0.5) is 0 Å². The smallest absolute Gasteiger partial charge is 0.188 e. The van der Waals surface area contributed by atoms with Gasteiger partial charge in [-0.1, -0.05) is 5.16 Å². The van der Waals surface area contributed by atoms with Crippen LogP contribution >= 0.6 is 11.3 Å². The summed E-state index contributed by atoms with van der Waals surface area (Å²) in [5, 5.41) is 4.48. The molecule has 0 saturated carbocycles. The van der Waals surface area contributed by atoms with E-state index in [0.29, 0.717) is 11.3 Å². The summed E-state index contributed by atoms with van der Waals surface area (Å²) in [6.07, 6.45) is 3.80. The van der Waals surface area contributed by atoms with Gasteiger partial charge in [-0.25, -0.2) is 4.98 Å². The summed E-state index contributed by atoms with van der Waals surface area (Å²) < 4.78 is 4.94. The van der Waals surface area contributed by atoms with Gasteiger partial charge in [0.2, 0.25) is 0 Å². The summed E-state index contributed by atoms with van der Waals surface area (Å²) >= 11 is 1.47. The molecular formula is C8H6N2O2S. The normalized spacial score (nSPS) is 10.2. The molecule has 2 aromatic heterocycles. The molecule has 0 N–H and O–H groups in total. The van der Waals surface area contributed by atoms with Crippen molar-refractivity contribution in [1.29, 1.82) is 0 Å². The van der Waals surface area contributed by atoms with Crippen LogP contribution in [0.15, 0.2) is 16.9 Å². The molecule has 0 fully saturated rings. The zero-order chi connectivity index (χ0) is 9.26. The second kappa shape index (κ2) is 3.10. The molecule has 0 radical (unpaired) electrons. The van der Waals surface area contributed by atoms with Crippen LogP contribution in [0.25, 0.3) is 10.6 Å². The maximum atomic E-state index is 10.6. The van der Waals surface area contributed by atoms with Gasteiger partial charge in [0.25, 0.3) is 0 Å². The highest BCUT2D eigenvalue weighted by atomic mass is 32.1. The molecule has 0 saturated heterocycles. The SMILES string of the molecule is Cc1ncc(-c2oncc2C=O)s1. The Labute approximate surface area is 78.2 Å². The van der Waals surface area contributed by atoms with Crippen molar-refractivity contribution >= 4 is 17.6 Å². The van der Waals surface area contributed by atoms with Crippen molar-refractivity contribution in [3.63, 3.8) is 0 Å². The number of aryl methyl sites for hydroxylation is 1. The Bertz CT molecular complexity index is 433. The summed E-state index contributed by atoms with van der Waals surface area (Å²) in [7, 11) is 0. The minimum absolute atomic E-state index is 0.462. The molecule has 0 aromatic carbocycles. The topological polar surface area (TPSA) is 56.0 Å². The zero-order valence-corrected chi connectivity index (χ0v) is 7.67. The van der Waals surface area contributed by atoms with Gasteiger partial charge in [-0.3, -0.25) is 4.79 Å². The van der Waals surface area contributed by atoms with Crippen LogP contribution in [0, 0.1) is 6.92 Å². The maximum absolute atomic E-state index is 10.6. The van der Waals surface area contributed by atoms with Crippen LogP contribution in [0.1, 0.15) is 15.4 Å². The van der Waals surface area contributed by atoms with E-state index in [0.717, 1.165) is 16.2 Å². The van der Waals surface area contributed by atoms with Gasteiger partial charge < -0.3 is 4.52 Å². The van der Waals surface area contributed by atoms with Gasteiger partial charge in [-0.2, -0.15) is 0 Å². The lowest BCUT2D eigenvalue weighted by molar-refractivity contribution is 0.112. The predicted molar refractivity (Wildman–Crippen MR) is 47.7 cm³/mol. The number of rotatable bonds is 2. The van der Waals surface area contributed by atoms with Gasteiger partial charge in [0.05, 0.1) is 21.6 Å². The highest BCUT2D eigenvalue weighted by Crippen LogP contribution is 2.27. The van der Waals surface area contributed by atoms with E-state index in [4.69, 9.17) is 4.52 Å². The quantitative estimate of drug-likeness (QED) is 0.685. The molecule has 0 bridgehead atoms. The number of carbonyl (C=O) groups is 1. The van der Waals surface area contributed by atoms with Crippen LogP contribution in [-0.4, -0.2) is 16.4 Å². The first kappa shape index (κ1) is 8.12. The maximum Gasteiger partial charge on any atom is 0.188 e. The Morgan fingerprint density at radius 3 is 3.00 bits per heavy atom. The van der Waals surface area contributed by atoms with Crippen molar-refractivity contribution in [2.45, 2.75) is 6.92 Å². The molecule has 2 aromatic rings. The van der Waals surface area contributed by atoms with Gasteiger partial charge in [0, 0.05) is 6.20 Å². The molecule has 2 rings (SSSR count). The first-order valence-electron chi connectivity index (χ1n) is 3.64. The molecular weight excluding hydrogens is 188 g/mol. The van der Waals surface area contributed by atoms with E-state index in [2.05, 4.69) is 10.1 Å². The number of hydrogen-bond donors (Lipinski definition) is 0. The molecule has 0 aliphatic rings. The summed E-state index contributed by atoms with van der Waals surface area (Å²) in [6, 6.07) is 0. The molecule has 0 unspecified atom stereocenters. The third-order valence-electron chi connectivity index (χ3n) is 1.57. The molecule has 0 aliphatic carbocycles. The molecule has 0 spiro atoms. The van der Waals surface area contributed by atoms with Crippen LogP contribution < -0.4 is 0 Å². The van der Waals surface area contributed by atoms with Gasteiger partial charge in [0.15, 0.2) is 12.0 Å². The largest absolute Gasteiger partial charge is 0.355 e. The van der Waals surface area contributed by atoms with Crippen molar-refractivity contribution in [2.24, 2.45) is 0 Å². The fourth-order valence-corrected chi connectivity index (χ4v) is 1.76. The summed E-state index contributed by atoms with van der Waals surface area (Å²) in [6.45, 7) is 1.89. The number of aldehydes is 1. The number of nitrogens with zero attached hydrogens (tertiary/aromatic N) is 2. The van der Waals surface area contributed by atoms with Crippen LogP contribution in [-0.2, 0) is 0 Å². The zero-order valence-electron chi connectivity index (χ0n) is 6.85. The van der Waals surface area contributed by atoms with Gasteiger partial charge in [-0.15, -0.1) is 11.3 Å². The standard InChI is InChI=1S/C8H6N2O2S/c1-5-9-3-7(13-5)8-6(4-11)2-10-12-8/h2-4H,1H3. The highest BCUT2D eigenvalue weighted by molar-refractivity contribution is 7.15. The molecule has 66 valence electrons. The van der Waals surface area contributed by atoms with E-state index in [1.807, 2.05) is 6.92 Å². The van der Waals surface area contributed by atoms with Crippen molar-refractivity contribution in [2.75, 3.05) is 0 Å². The van der Waals surface area contributed by atoms with E-state index in [-0.39, 0.29) is 0 Å². The molecule has 5 heteroatoms. The minimum atomic E-state index is 0.462. The molecule has 4 nitrogen and oxygen atoms in total. The second-order valence-corrected chi connectivity index (χ2v) is 3.71. The van der Waals surface area contributed by atoms with Crippen molar-refractivity contribution in [3.05, 3.63) is 23.0 Å². The summed E-state index contributed by atoms with van der Waals surface area (Å²) in [5.41, 5.74) is 0.462. The number of carbonyl (C=O) groups excluding carboxylic acids is 1. The fraction of sp³-hybridized carbons (Fsp3) is 0.125. The third kappa shape index (κ3) is 1.38. The Hall–Kier alpha value is -1.49. The molecule has 13 heavy (non-hydrogen) atoms. The first-order chi connectivity index (χ1) is 6.31.